The van der Waals surface area contributed by atoms with E-state index in [0.717, 1.165) is 12.0 Å². The molecule has 58 valence electrons. The Balaban J connectivity index is 3.01. The zero-order valence-electron chi connectivity index (χ0n) is 5.73. The molecule has 1 aromatic heterocycles. The second kappa shape index (κ2) is 3.48. The molecule has 0 radical (unpaired) electrons. The first-order chi connectivity index (χ1) is 5.25. The fourth-order valence-corrected chi connectivity index (χ4v) is 1.56. The van der Waals surface area contributed by atoms with Gasteiger partial charge in [-0.25, -0.2) is 4.79 Å². The molecule has 11 heavy (non-hydrogen) atoms. The second-order valence-corrected chi connectivity index (χ2v) is 3.28. The molecule has 0 aliphatic carbocycles. The number of hydrogen-bond donors (Lipinski definition) is 0. The van der Waals surface area contributed by atoms with Crippen LogP contribution >= 0.6 is 23.6 Å². The van der Waals surface area contributed by atoms with E-state index in [1.807, 2.05) is 12.3 Å². The maximum atomic E-state index is 9.77. The van der Waals surface area contributed by atoms with E-state index in [9.17, 15) is 4.79 Å². The summed E-state index contributed by atoms with van der Waals surface area (Å²) in [7, 11) is 0. The number of carbonyl (C=O) groups excluding carboxylic acids is 1. The van der Waals surface area contributed by atoms with Crippen molar-refractivity contribution in [3.63, 3.8) is 0 Å². The Bertz CT molecular complexity index is 346. The average Bonchev–Trinajstić information content (AvgIpc) is 2.29. The van der Waals surface area contributed by atoms with Crippen molar-refractivity contribution in [2.75, 3.05) is 0 Å². The summed E-state index contributed by atoms with van der Waals surface area (Å²) in [5, 5.41) is 1.85. The van der Waals surface area contributed by atoms with E-state index < -0.39 is 0 Å². The van der Waals surface area contributed by atoms with Gasteiger partial charge in [-0.2, -0.15) is 4.73 Å². The van der Waals surface area contributed by atoms with Crippen molar-refractivity contribution in [3.8, 4) is 0 Å². The predicted octanol–water partition coefficient (Wildman–Crippen LogP) is 1.36. The molecule has 0 fully saturated rings. The maximum absolute atomic E-state index is 9.77. The topological polar surface area (TPSA) is 31.2 Å². The third-order valence-electron chi connectivity index (χ3n) is 1.02. The Morgan fingerprint density at radius 3 is 3.09 bits per heavy atom. The van der Waals surface area contributed by atoms with Crippen molar-refractivity contribution < 1.29 is 9.63 Å². The van der Waals surface area contributed by atoms with Crippen LogP contribution in [0.3, 0.4) is 0 Å². The first-order valence-corrected chi connectivity index (χ1v) is 4.08. The fourth-order valence-electron chi connectivity index (χ4n) is 0.576. The van der Waals surface area contributed by atoms with Crippen LogP contribution in [-0.2, 0) is 4.79 Å². The molecule has 1 rings (SSSR count). The van der Waals surface area contributed by atoms with Crippen LogP contribution in [0.1, 0.15) is 5.69 Å². The van der Waals surface area contributed by atoms with E-state index in [-0.39, 0.29) is 0 Å². The summed E-state index contributed by atoms with van der Waals surface area (Å²) in [6, 6.07) is 0. The van der Waals surface area contributed by atoms with Crippen molar-refractivity contribution >= 4 is 29.5 Å². The average molecular weight is 187 g/mol. The molecule has 0 unspecified atom stereocenters. The van der Waals surface area contributed by atoms with E-state index in [2.05, 4.69) is 0 Å². The lowest BCUT2D eigenvalue weighted by Gasteiger charge is -1.98. The lowest BCUT2D eigenvalue weighted by molar-refractivity contribution is 0.207. The molecule has 0 aliphatic heterocycles. The highest BCUT2D eigenvalue weighted by Crippen LogP contribution is 2.07. The van der Waals surface area contributed by atoms with E-state index >= 15 is 0 Å². The molecule has 0 saturated heterocycles. The molecule has 0 bridgehead atoms. The largest absolute Gasteiger partial charge is 0.369 e. The van der Waals surface area contributed by atoms with Crippen LogP contribution in [0.25, 0.3) is 0 Å². The second-order valence-electron chi connectivity index (χ2n) is 1.78. The molecular weight excluding hydrogens is 182 g/mol. The van der Waals surface area contributed by atoms with Gasteiger partial charge in [0.15, 0.2) is 9.90 Å². The van der Waals surface area contributed by atoms with Gasteiger partial charge in [-0.15, -0.1) is 11.3 Å². The molecule has 1 heterocycles. The maximum Gasteiger partial charge on any atom is 0.203 e. The minimum Gasteiger partial charge on any atom is -0.369 e. The normalized spacial score (nSPS) is 8.82. The van der Waals surface area contributed by atoms with Gasteiger partial charge in [0.25, 0.3) is 0 Å². The number of aryl methyl sites for hydroxylation is 1. The lowest BCUT2D eigenvalue weighted by Crippen LogP contribution is -2.05. The standard InChI is InChI=1S/C6H5NO2S2/c1-5-4-11-6(10)7(5)9-3-2-8/h3-4H,1H3. The summed E-state index contributed by atoms with van der Waals surface area (Å²) in [6.07, 6.45) is 0.926. The minimum atomic E-state index is 0.578. The number of nitrogens with zero attached hydrogens (tertiary/aromatic N) is 1. The van der Waals surface area contributed by atoms with Crippen LogP contribution in [0, 0.1) is 10.9 Å². The molecule has 0 spiro atoms. The minimum absolute atomic E-state index is 0.578. The third kappa shape index (κ3) is 1.77. The van der Waals surface area contributed by atoms with Gasteiger partial charge in [-0.3, -0.25) is 0 Å². The smallest absolute Gasteiger partial charge is 0.203 e. The van der Waals surface area contributed by atoms with Crippen molar-refractivity contribution in [2.24, 2.45) is 0 Å². The van der Waals surface area contributed by atoms with Crippen molar-refractivity contribution in [2.45, 2.75) is 6.92 Å². The SMILES string of the molecule is Cc1csc(=S)n1OC=C=O. The van der Waals surface area contributed by atoms with Crippen molar-refractivity contribution in [1.29, 1.82) is 0 Å². The molecular formula is C6H5NO2S2. The van der Waals surface area contributed by atoms with Crippen LogP contribution < -0.4 is 4.84 Å². The van der Waals surface area contributed by atoms with Gasteiger partial charge in [0.05, 0.1) is 5.69 Å². The van der Waals surface area contributed by atoms with Crippen LogP contribution in [0.5, 0.6) is 0 Å². The van der Waals surface area contributed by atoms with Gasteiger partial charge in [0.2, 0.25) is 6.26 Å². The third-order valence-corrected chi connectivity index (χ3v) is 2.30. The van der Waals surface area contributed by atoms with Crippen molar-refractivity contribution in [1.82, 2.24) is 4.73 Å². The summed E-state index contributed by atoms with van der Waals surface area (Å²) in [6.45, 7) is 1.84. The van der Waals surface area contributed by atoms with Crippen LogP contribution in [0.15, 0.2) is 11.6 Å². The molecule has 5 heteroatoms. The molecule has 1 aromatic rings. The molecule has 0 N–H and O–H groups in total. The summed E-state index contributed by atoms with van der Waals surface area (Å²) in [5.41, 5.74) is 0.867. The highest BCUT2D eigenvalue weighted by molar-refractivity contribution is 7.73. The zero-order valence-corrected chi connectivity index (χ0v) is 7.37. The lowest BCUT2D eigenvalue weighted by atomic mass is 10.6. The molecule has 0 aliphatic rings. The van der Waals surface area contributed by atoms with Crippen LogP contribution in [0.4, 0.5) is 0 Å². The fraction of sp³-hybridized carbons (Fsp3) is 0.167. The molecule has 0 amide bonds. The van der Waals surface area contributed by atoms with E-state index in [4.69, 9.17) is 17.1 Å². The van der Waals surface area contributed by atoms with Gasteiger partial charge in [0.1, 0.15) is 0 Å². The Morgan fingerprint density at radius 1 is 1.91 bits per heavy atom. The Morgan fingerprint density at radius 2 is 2.64 bits per heavy atom. The summed E-state index contributed by atoms with van der Waals surface area (Å²) in [5.74, 6) is 1.50. The van der Waals surface area contributed by atoms with Gasteiger partial charge in [-0.05, 0) is 19.1 Å². The van der Waals surface area contributed by atoms with E-state index in [0.29, 0.717) is 3.95 Å². The number of thiazole rings is 1. The zero-order chi connectivity index (χ0) is 8.27. The first kappa shape index (κ1) is 8.20. The summed E-state index contributed by atoms with van der Waals surface area (Å²) in [4.78, 5) is 14.6. The van der Waals surface area contributed by atoms with Gasteiger partial charge >= 0.3 is 0 Å². The predicted molar refractivity (Wildman–Crippen MR) is 44.7 cm³/mol. The van der Waals surface area contributed by atoms with E-state index in [1.165, 1.54) is 22.0 Å². The Kier molecular flexibility index (Phi) is 2.59. The highest BCUT2D eigenvalue weighted by Gasteiger charge is 1.96. The number of aromatic nitrogens is 1. The number of rotatable bonds is 2. The van der Waals surface area contributed by atoms with Gasteiger partial charge in [-0.1, -0.05) is 0 Å². The van der Waals surface area contributed by atoms with Gasteiger partial charge < -0.3 is 4.84 Å². The summed E-state index contributed by atoms with van der Waals surface area (Å²) < 4.78 is 1.97. The highest BCUT2D eigenvalue weighted by atomic mass is 32.1. The molecule has 0 atom stereocenters. The molecule has 3 nitrogen and oxygen atoms in total. The summed E-state index contributed by atoms with van der Waals surface area (Å²) >= 11 is 6.28. The van der Waals surface area contributed by atoms with E-state index in [1.54, 1.807) is 0 Å². The first-order valence-electron chi connectivity index (χ1n) is 2.79. The van der Waals surface area contributed by atoms with Crippen LogP contribution in [-0.4, -0.2) is 10.7 Å². The number of hydrogen-bond acceptors (Lipinski definition) is 4. The monoisotopic (exact) mass is 187 g/mol. The Labute approximate surface area is 72.5 Å². The molecule has 0 saturated carbocycles. The Hall–Kier alpha value is -0.900. The van der Waals surface area contributed by atoms with Crippen LogP contribution in [0.2, 0.25) is 0 Å². The van der Waals surface area contributed by atoms with Gasteiger partial charge in [0, 0.05) is 5.38 Å². The molecule has 0 aromatic carbocycles. The quantitative estimate of drug-likeness (QED) is 0.398. The van der Waals surface area contributed by atoms with Crippen molar-refractivity contribution in [3.05, 3.63) is 21.3 Å².